The van der Waals surface area contributed by atoms with E-state index in [1.165, 1.54) is 22.2 Å². The second-order valence-corrected chi connectivity index (χ2v) is 10.5. The van der Waals surface area contributed by atoms with Gasteiger partial charge in [0, 0.05) is 24.2 Å². The highest BCUT2D eigenvalue weighted by molar-refractivity contribution is 8.15. The van der Waals surface area contributed by atoms with Crippen LogP contribution >= 0.6 is 11.8 Å². The van der Waals surface area contributed by atoms with Gasteiger partial charge in [0.2, 0.25) is 11.8 Å². The summed E-state index contributed by atoms with van der Waals surface area (Å²) < 4.78 is 0. The molecule has 0 radical (unpaired) electrons. The summed E-state index contributed by atoms with van der Waals surface area (Å²) in [5.41, 5.74) is 3.42. The van der Waals surface area contributed by atoms with Crippen molar-refractivity contribution in [2.75, 3.05) is 11.9 Å². The van der Waals surface area contributed by atoms with Crippen molar-refractivity contribution in [2.24, 2.45) is 9.98 Å². The Hall–Kier alpha value is -3.46. The number of amidine groups is 2. The minimum atomic E-state index is -0.662. The first-order valence-corrected chi connectivity index (χ1v) is 14.3. The molecule has 200 valence electrons. The van der Waals surface area contributed by atoms with Crippen LogP contribution < -0.4 is 10.6 Å². The number of hydrogen-bond acceptors (Lipinski definition) is 6. The van der Waals surface area contributed by atoms with Crippen molar-refractivity contribution in [3.8, 4) is 0 Å². The van der Waals surface area contributed by atoms with Gasteiger partial charge in [-0.25, -0.2) is 9.89 Å². The monoisotopic (exact) mass is 533 g/mol. The van der Waals surface area contributed by atoms with Gasteiger partial charge >= 0.3 is 0 Å². The van der Waals surface area contributed by atoms with E-state index in [9.17, 15) is 14.4 Å². The molecule has 9 heteroatoms. The molecule has 2 aromatic rings. The number of nitrogens with one attached hydrogen (secondary N) is 2. The number of nitrogens with zero attached hydrogens (tertiary/aromatic N) is 3. The van der Waals surface area contributed by atoms with Crippen molar-refractivity contribution >= 4 is 51.9 Å². The van der Waals surface area contributed by atoms with Crippen molar-refractivity contribution < 1.29 is 14.4 Å². The standard InChI is InChI=1S/C29H35N5O3S/c1-4-7-18-30-25(35)17-16-23-28(37)34-26(32-23)21-10-8-9-11-22(21)33-29(34)38-24(6-3)27(36)31-20-14-12-19(5-2)13-15-20/h8-15,23-24H,4-7,16-18H2,1-3H3,(H,30,35)(H,31,36). The number of benzene rings is 2. The van der Waals surface area contributed by atoms with Gasteiger partial charge in [-0.15, -0.1) is 0 Å². The summed E-state index contributed by atoms with van der Waals surface area (Å²) >= 11 is 1.27. The summed E-state index contributed by atoms with van der Waals surface area (Å²) in [6.45, 7) is 6.74. The van der Waals surface area contributed by atoms with Gasteiger partial charge in [-0.05, 0) is 55.5 Å². The Bertz CT molecular complexity index is 1240. The fraction of sp³-hybridized carbons (Fsp3) is 0.414. The minimum absolute atomic E-state index is 0.0744. The zero-order valence-corrected chi connectivity index (χ0v) is 23.0. The third-order valence-corrected chi connectivity index (χ3v) is 7.90. The summed E-state index contributed by atoms with van der Waals surface area (Å²) in [5, 5.41) is 5.87. The lowest BCUT2D eigenvalue weighted by molar-refractivity contribution is -0.125. The van der Waals surface area contributed by atoms with Crippen molar-refractivity contribution in [1.82, 2.24) is 10.2 Å². The lowest BCUT2D eigenvalue weighted by Gasteiger charge is -2.27. The number of carbonyl (C=O) groups is 3. The molecule has 2 aliphatic rings. The number of para-hydroxylation sites is 1. The summed E-state index contributed by atoms with van der Waals surface area (Å²) in [6, 6.07) is 14.7. The zero-order chi connectivity index (χ0) is 27.1. The van der Waals surface area contributed by atoms with Crippen LogP contribution in [0.4, 0.5) is 11.4 Å². The molecule has 4 rings (SSSR count). The Morgan fingerprint density at radius 3 is 2.55 bits per heavy atom. The number of unbranched alkanes of at least 4 members (excludes halogenated alkanes) is 1. The van der Waals surface area contributed by atoms with Gasteiger partial charge in [0.25, 0.3) is 5.91 Å². The van der Waals surface area contributed by atoms with Gasteiger partial charge in [0.05, 0.1) is 10.9 Å². The van der Waals surface area contributed by atoms with E-state index >= 15 is 0 Å². The first-order chi connectivity index (χ1) is 18.4. The Morgan fingerprint density at radius 1 is 1.08 bits per heavy atom. The van der Waals surface area contributed by atoms with Crippen molar-refractivity contribution in [2.45, 2.75) is 70.6 Å². The second kappa shape index (κ2) is 12.9. The van der Waals surface area contributed by atoms with Gasteiger partial charge in [-0.1, -0.05) is 63.2 Å². The van der Waals surface area contributed by atoms with Crippen LogP contribution in [-0.2, 0) is 20.8 Å². The van der Waals surface area contributed by atoms with Crippen LogP contribution in [0.3, 0.4) is 0 Å². The summed E-state index contributed by atoms with van der Waals surface area (Å²) in [4.78, 5) is 50.0. The molecule has 0 aliphatic carbocycles. The van der Waals surface area contributed by atoms with Crippen LogP contribution in [0.1, 0.15) is 64.0 Å². The minimum Gasteiger partial charge on any atom is -0.356 e. The summed E-state index contributed by atoms with van der Waals surface area (Å²) in [5.74, 6) is 0.0980. The van der Waals surface area contributed by atoms with E-state index in [1.54, 1.807) is 0 Å². The quantitative estimate of drug-likeness (QED) is 0.394. The van der Waals surface area contributed by atoms with Crippen LogP contribution in [0, 0.1) is 0 Å². The van der Waals surface area contributed by atoms with Gasteiger partial charge in [-0.2, -0.15) is 0 Å². The molecular formula is C29H35N5O3S. The molecule has 2 atom stereocenters. The number of hydrogen-bond donors (Lipinski definition) is 2. The highest BCUT2D eigenvalue weighted by atomic mass is 32.2. The lowest BCUT2D eigenvalue weighted by Crippen LogP contribution is -2.42. The maximum absolute atomic E-state index is 13.5. The van der Waals surface area contributed by atoms with E-state index in [4.69, 9.17) is 9.98 Å². The number of amides is 3. The third-order valence-electron chi connectivity index (χ3n) is 6.59. The fourth-order valence-corrected chi connectivity index (χ4v) is 5.35. The maximum atomic E-state index is 13.5. The van der Waals surface area contributed by atoms with Crippen molar-refractivity contribution in [3.63, 3.8) is 0 Å². The highest BCUT2D eigenvalue weighted by Crippen LogP contribution is 2.36. The molecule has 2 unspecified atom stereocenters. The predicted molar refractivity (Wildman–Crippen MR) is 154 cm³/mol. The lowest BCUT2D eigenvalue weighted by atomic mass is 10.1. The molecule has 0 bridgehead atoms. The van der Waals surface area contributed by atoms with Gasteiger partial charge in [0.15, 0.2) is 5.17 Å². The Labute approximate surface area is 228 Å². The van der Waals surface area contributed by atoms with E-state index in [0.29, 0.717) is 36.1 Å². The number of fused-ring (bicyclic) bond motifs is 3. The number of aliphatic imine (C=N–C) groups is 2. The molecule has 2 N–H and O–H groups in total. The van der Waals surface area contributed by atoms with E-state index < -0.39 is 11.3 Å². The zero-order valence-electron chi connectivity index (χ0n) is 22.2. The number of rotatable bonds is 11. The maximum Gasteiger partial charge on any atom is 0.259 e. The molecule has 8 nitrogen and oxygen atoms in total. The summed E-state index contributed by atoms with van der Waals surface area (Å²) in [6.07, 6.45) is 3.96. The van der Waals surface area contributed by atoms with E-state index in [1.807, 2.05) is 55.5 Å². The molecule has 0 saturated heterocycles. The normalized spacial score (nSPS) is 16.8. The Kier molecular flexibility index (Phi) is 9.33. The first kappa shape index (κ1) is 27.6. The smallest absolute Gasteiger partial charge is 0.259 e. The van der Waals surface area contributed by atoms with E-state index in [2.05, 4.69) is 24.5 Å². The van der Waals surface area contributed by atoms with Crippen LogP contribution in [-0.4, -0.2) is 51.5 Å². The van der Waals surface area contributed by atoms with Gasteiger partial charge in [-0.3, -0.25) is 19.4 Å². The number of thioether (sulfide) groups is 1. The van der Waals surface area contributed by atoms with Crippen LogP contribution in [0.5, 0.6) is 0 Å². The van der Waals surface area contributed by atoms with Crippen molar-refractivity contribution in [1.29, 1.82) is 0 Å². The first-order valence-electron chi connectivity index (χ1n) is 13.4. The van der Waals surface area contributed by atoms with Crippen LogP contribution in [0.2, 0.25) is 0 Å². The molecule has 38 heavy (non-hydrogen) atoms. The largest absolute Gasteiger partial charge is 0.356 e. The predicted octanol–water partition coefficient (Wildman–Crippen LogP) is 5.05. The topological polar surface area (TPSA) is 103 Å². The highest BCUT2D eigenvalue weighted by Gasteiger charge is 2.42. The van der Waals surface area contributed by atoms with E-state index in [0.717, 1.165) is 30.5 Å². The van der Waals surface area contributed by atoms with Gasteiger partial charge < -0.3 is 10.6 Å². The molecule has 0 aromatic heterocycles. The number of anilines is 1. The SMILES string of the molecule is CCCCNC(=O)CCC1N=C2c3ccccc3N=C(SC(CC)C(=O)Nc3ccc(CC)cc3)N2C1=O. The molecule has 0 saturated carbocycles. The Morgan fingerprint density at radius 2 is 1.84 bits per heavy atom. The molecule has 3 amide bonds. The van der Waals surface area contributed by atoms with Crippen LogP contribution in [0.15, 0.2) is 58.5 Å². The molecule has 2 heterocycles. The molecule has 0 fully saturated rings. The average Bonchev–Trinajstić information content (AvgIpc) is 3.27. The van der Waals surface area contributed by atoms with Crippen molar-refractivity contribution in [3.05, 3.63) is 59.7 Å². The number of aryl methyl sites for hydroxylation is 1. The van der Waals surface area contributed by atoms with Gasteiger partial charge in [0.1, 0.15) is 11.9 Å². The summed E-state index contributed by atoms with van der Waals surface area (Å²) in [7, 11) is 0. The molecule has 0 spiro atoms. The number of carbonyl (C=O) groups excluding carboxylic acids is 3. The Balaban J connectivity index is 1.50. The fourth-order valence-electron chi connectivity index (χ4n) is 4.33. The molecular weight excluding hydrogens is 498 g/mol. The average molecular weight is 534 g/mol. The van der Waals surface area contributed by atoms with E-state index in [-0.39, 0.29) is 24.1 Å². The second-order valence-electron chi connectivity index (χ2n) is 9.35. The molecule has 2 aliphatic heterocycles. The molecule has 2 aromatic carbocycles. The van der Waals surface area contributed by atoms with Crippen LogP contribution in [0.25, 0.3) is 0 Å². The third kappa shape index (κ3) is 6.32.